The minimum atomic E-state index is -0.338. The maximum atomic E-state index is 13.2. The summed E-state index contributed by atoms with van der Waals surface area (Å²) in [5.74, 6) is 0.606. The van der Waals surface area contributed by atoms with Crippen LogP contribution in [0, 0.1) is 0 Å². The topological polar surface area (TPSA) is 85.0 Å². The van der Waals surface area contributed by atoms with E-state index in [4.69, 9.17) is 19.2 Å². The van der Waals surface area contributed by atoms with Crippen molar-refractivity contribution in [3.63, 3.8) is 0 Å². The van der Waals surface area contributed by atoms with Crippen LogP contribution < -0.4 is 15.4 Å². The second-order valence-corrected chi connectivity index (χ2v) is 11.3. The molecule has 222 valence electrons. The maximum absolute atomic E-state index is 13.2. The fraction of sp³-hybridized carbons (Fsp3) is 0.353. The van der Waals surface area contributed by atoms with Crippen molar-refractivity contribution in [3.8, 4) is 16.9 Å². The third-order valence-electron chi connectivity index (χ3n) is 7.23. The standard InChI is InChI=1S/C34H42N4O4/c1-34(2,3)25-12-16-32(42-6)31(21-25)37-33(39)36-30-15-14-27(28-9-7-8-10-29(28)30)24-11-13-26(35-22-24)23-38(17-19-40-4)18-20-41-5/h7-16,21-22H,17-20,23H2,1-6H3,(H2,36,37,39). The van der Waals surface area contributed by atoms with Gasteiger partial charge in [-0.2, -0.15) is 0 Å². The average molecular weight is 571 g/mol. The molecule has 2 amide bonds. The van der Waals surface area contributed by atoms with Crippen molar-refractivity contribution in [1.29, 1.82) is 0 Å². The lowest BCUT2D eigenvalue weighted by molar-refractivity contribution is 0.109. The van der Waals surface area contributed by atoms with Crippen molar-refractivity contribution in [1.82, 2.24) is 9.88 Å². The first kappa shape index (κ1) is 31.0. The van der Waals surface area contributed by atoms with Crippen LogP contribution in [0.4, 0.5) is 16.2 Å². The molecule has 0 saturated heterocycles. The Morgan fingerprint density at radius 2 is 1.52 bits per heavy atom. The summed E-state index contributed by atoms with van der Waals surface area (Å²) in [6.07, 6.45) is 1.91. The molecule has 0 fully saturated rings. The molecule has 0 spiro atoms. The van der Waals surface area contributed by atoms with Crippen molar-refractivity contribution in [2.45, 2.75) is 32.7 Å². The van der Waals surface area contributed by atoms with Crippen molar-refractivity contribution in [2.75, 3.05) is 58.3 Å². The van der Waals surface area contributed by atoms with Gasteiger partial charge in [-0.05, 0) is 46.2 Å². The smallest absolute Gasteiger partial charge is 0.323 e. The summed E-state index contributed by atoms with van der Waals surface area (Å²) >= 11 is 0. The molecule has 0 atom stereocenters. The number of fused-ring (bicyclic) bond motifs is 1. The summed E-state index contributed by atoms with van der Waals surface area (Å²) in [6, 6.07) is 21.7. The Bertz CT molecular complexity index is 1470. The van der Waals surface area contributed by atoms with E-state index in [2.05, 4.69) is 54.5 Å². The van der Waals surface area contributed by atoms with Gasteiger partial charge in [-0.3, -0.25) is 9.88 Å². The van der Waals surface area contributed by atoms with Crippen LogP contribution in [0.2, 0.25) is 0 Å². The number of hydrogen-bond acceptors (Lipinski definition) is 6. The molecule has 2 N–H and O–H groups in total. The van der Waals surface area contributed by atoms with E-state index in [1.54, 1.807) is 21.3 Å². The highest BCUT2D eigenvalue weighted by atomic mass is 16.5. The van der Waals surface area contributed by atoms with Gasteiger partial charge in [0.2, 0.25) is 0 Å². The van der Waals surface area contributed by atoms with E-state index in [0.29, 0.717) is 30.3 Å². The van der Waals surface area contributed by atoms with Crippen LogP contribution in [-0.2, 0) is 21.4 Å². The van der Waals surface area contributed by atoms with Crippen LogP contribution >= 0.6 is 0 Å². The maximum Gasteiger partial charge on any atom is 0.323 e. The van der Waals surface area contributed by atoms with E-state index >= 15 is 0 Å². The van der Waals surface area contributed by atoms with E-state index in [1.165, 1.54) is 0 Å². The summed E-state index contributed by atoms with van der Waals surface area (Å²) in [4.78, 5) is 20.2. The van der Waals surface area contributed by atoms with Gasteiger partial charge in [-0.25, -0.2) is 4.79 Å². The van der Waals surface area contributed by atoms with Crippen molar-refractivity contribution in [3.05, 3.63) is 84.2 Å². The van der Waals surface area contributed by atoms with Gasteiger partial charge < -0.3 is 24.8 Å². The number of urea groups is 1. The minimum Gasteiger partial charge on any atom is -0.495 e. The molecule has 0 radical (unpaired) electrons. The van der Waals surface area contributed by atoms with Gasteiger partial charge in [0, 0.05) is 51.0 Å². The second kappa shape index (κ2) is 14.3. The largest absolute Gasteiger partial charge is 0.495 e. The number of nitrogens with zero attached hydrogens (tertiary/aromatic N) is 2. The normalized spacial score (nSPS) is 11.6. The summed E-state index contributed by atoms with van der Waals surface area (Å²) in [6.45, 7) is 10.1. The third kappa shape index (κ3) is 7.85. The first-order valence-corrected chi connectivity index (χ1v) is 14.2. The molecule has 8 heteroatoms. The van der Waals surface area contributed by atoms with E-state index in [9.17, 15) is 4.79 Å². The fourth-order valence-corrected chi connectivity index (χ4v) is 4.82. The molecule has 0 bridgehead atoms. The van der Waals surface area contributed by atoms with Crippen LogP contribution in [-0.4, -0.2) is 63.5 Å². The number of anilines is 2. The number of hydrogen-bond donors (Lipinski definition) is 2. The minimum absolute atomic E-state index is 0.0638. The Kier molecular flexibility index (Phi) is 10.5. The number of methoxy groups -OCH3 is 3. The molecule has 1 heterocycles. The highest BCUT2D eigenvalue weighted by Crippen LogP contribution is 2.34. The predicted molar refractivity (Wildman–Crippen MR) is 171 cm³/mol. The Balaban J connectivity index is 1.54. The monoisotopic (exact) mass is 570 g/mol. The van der Waals surface area contributed by atoms with E-state index in [1.807, 2.05) is 54.7 Å². The SMILES string of the molecule is COCCN(CCOC)Cc1ccc(-c2ccc(NC(=O)Nc3cc(C(C)(C)C)ccc3OC)c3ccccc23)cn1. The van der Waals surface area contributed by atoms with Gasteiger partial charge in [0.15, 0.2) is 0 Å². The van der Waals surface area contributed by atoms with Crippen LogP contribution in [0.3, 0.4) is 0 Å². The number of pyridine rings is 1. The molecular formula is C34H42N4O4. The first-order chi connectivity index (χ1) is 20.2. The number of carbonyl (C=O) groups is 1. The zero-order valence-electron chi connectivity index (χ0n) is 25.5. The molecule has 0 aliphatic carbocycles. The zero-order valence-corrected chi connectivity index (χ0v) is 25.5. The number of benzene rings is 3. The molecule has 4 rings (SSSR count). The van der Waals surface area contributed by atoms with E-state index in [0.717, 1.165) is 52.8 Å². The Morgan fingerprint density at radius 3 is 2.14 bits per heavy atom. The number of aromatic nitrogens is 1. The summed E-state index contributed by atoms with van der Waals surface area (Å²) < 4.78 is 16.0. The molecule has 4 aromatic rings. The number of amides is 2. The van der Waals surface area contributed by atoms with Gasteiger partial charge in [0.1, 0.15) is 5.75 Å². The highest BCUT2D eigenvalue weighted by Gasteiger charge is 2.18. The molecule has 3 aromatic carbocycles. The Labute approximate surface area is 249 Å². The predicted octanol–water partition coefficient (Wildman–Crippen LogP) is 6.95. The van der Waals surface area contributed by atoms with Crippen molar-refractivity contribution >= 4 is 28.2 Å². The summed E-state index contributed by atoms with van der Waals surface area (Å²) in [5.41, 5.74) is 5.42. The van der Waals surface area contributed by atoms with E-state index in [-0.39, 0.29) is 11.4 Å². The van der Waals surface area contributed by atoms with Crippen LogP contribution in [0.15, 0.2) is 72.9 Å². The molecular weight excluding hydrogens is 528 g/mol. The van der Waals surface area contributed by atoms with Crippen LogP contribution in [0.5, 0.6) is 5.75 Å². The van der Waals surface area contributed by atoms with Gasteiger partial charge in [0.25, 0.3) is 0 Å². The first-order valence-electron chi connectivity index (χ1n) is 14.2. The second-order valence-electron chi connectivity index (χ2n) is 11.3. The van der Waals surface area contributed by atoms with Gasteiger partial charge >= 0.3 is 6.03 Å². The number of nitrogens with one attached hydrogen (secondary N) is 2. The van der Waals surface area contributed by atoms with Gasteiger partial charge in [0.05, 0.1) is 37.4 Å². The number of rotatable bonds is 12. The molecule has 1 aromatic heterocycles. The van der Waals surface area contributed by atoms with Crippen LogP contribution in [0.1, 0.15) is 32.0 Å². The third-order valence-corrected chi connectivity index (χ3v) is 7.23. The lowest BCUT2D eigenvalue weighted by Gasteiger charge is -2.21. The summed E-state index contributed by atoms with van der Waals surface area (Å²) in [7, 11) is 5.02. The fourth-order valence-electron chi connectivity index (χ4n) is 4.82. The molecule has 0 aliphatic heterocycles. The average Bonchev–Trinajstić information content (AvgIpc) is 2.98. The zero-order chi connectivity index (χ0) is 30.1. The molecule has 0 unspecified atom stereocenters. The molecule has 42 heavy (non-hydrogen) atoms. The van der Waals surface area contributed by atoms with Crippen molar-refractivity contribution < 1.29 is 19.0 Å². The molecule has 0 saturated carbocycles. The summed E-state index contributed by atoms with van der Waals surface area (Å²) in [5, 5.41) is 7.98. The highest BCUT2D eigenvalue weighted by molar-refractivity contribution is 6.10. The lowest BCUT2D eigenvalue weighted by Crippen LogP contribution is -2.30. The lowest BCUT2D eigenvalue weighted by atomic mass is 9.87. The number of carbonyl (C=O) groups excluding carboxylic acids is 1. The number of ether oxygens (including phenoxy) is 3. The molecule has 8 nitrogen and oxygen atoms in total. The quantitative estimate of drug-likeness (QED) is 0.192. The molecule has 0 aliphatic rings. The Morgan fingerprint density at radius 1 is 0.833 bits per heavy atom. The van der Waals surface area contributed by atoms with E-state index < -0.39 is 0 Å². The van der Waals surface area contributed by atoms with Crippen molar-refractivity contribution in [2.24, 2.45) is 0 Å². The van der Waals surface area contributed by atoms with Gasteiger partial charge in [-0.15, -0.1) is 0 Å². The Hall–Kier alpha value is -3.98. The van der Waals surface area contributed by atoms with Gasteiger partial charge in [-0.1, -0.05) is 63.2 Å². The van der Waals surface area contributed by atoms with Crippen LogP contribution in [0.25, 0.3) is 21.9 Å².